The fourth-order valence-corrected chi connectivity index (χ4v) is 3.83. The van der Waals surface area contributed by atoms with E-state index < -0.39 is 18.0 Å². The summed E-state index contributed by atoms with van der Waals surface area (Å²) in [4.78, 5) is 24.0. The first kappa shape index (κ1) is 14.9. The number of fused-ring (bicyclic) bond motifs is 3. The van der Waals surface area contributed by atoms with Gasteiger partial charge in [0.2, 0.25) is 0 Å². The van der Waals surface area contributed by atoms with E-state index >= 15 is 0 Å². The first-order chi connectivity index (χ1) is 11.5. The second kappa shape index (κ2) is 5.18. The number of aromatic hydroxyl groups is 1. The number of hydrogen-bond acceptors (Lipinski definition) is 4. The first-order valence-corrected chi connectivity index (χ1v) is 7.91. The summed E-state index contributed by atoms with van der Waals surface area (Å²) >= 11 is 0. The molecular weight excluding hydrogens is 308 g/mol. The molecule has 0 aliphatic heterocycles. The van der Waals surface area contributed by atoms with Crippen molar-refractivity contribution in [2.45, 2.75) is 25.4 Å². The number of carboxylic acid groups (broad SMARTS) is 1. The van der Waals surface area contributed by atoms with Crippen molar-refractivity contribution in [3.63, 3.8) is 0 Å². The van der Waals surface area contributed by atoms with Crippen molar-refractivity contribution >= 4 is 11.8 Å². The number of aryl methyl sites for hydroxylation is 1. The Morgan fingerprint density at radius 2 is 1.92 bits per heavy atom. The van der Waals surface area contributed by atoms with Crippen LogP contribution < -0.4 is 0 Å². The molecular formula is C19H16O5. The van der Waals surface area contributed by atoms with Crippen LogP contribution in [-0.4, -0.2) is 27.1 Å². The summed E-state index contributed by atoms with van der Waals surface area (Å²) in [6, 6.07) is 8.56. The molecule has 122 valence electrons. The summed E-state index contributed by atoms with van der Waals surface area (Å²) in [7, 11) is 0. The van der Waals surface area contributed by atoms with Gasteiger partial charge >= 0.3 is 5.97 Å². The molecule has 0 bridgehead atoms. The second-order valence-corrected chi connectivity index (χ2v) is 6.42. The minimum absolute atomic E-state index is 0.103. The van der Waals surface area contributed by atoms with Gasteiger partial charge in [0.1, 0.15) is 11.9 Å². The van der Waals surface area contributed by atoms with E-state index in [1.54, 1.807) is 30.3 Å². The van der Waals surface area contributed by atoms with Gasteiger partial charge in [0.05, 0.1) is 11.5 Å². The molecule has 3 N–H and O–H groups in total. The number of carbonyl (C=O) groups excluding carboxylic acids is 1. The summed E-state index contributed by atoms with van der Waals surface area (Å²) < 4.78 is 0. The van der Waals surface area contributed by atoms with Crippen molar-refractivity contribution in [3.8, 4) is 5.75 Å². The van der Waals surface area contributed by atoms with Crippen molar-refractivity contribution in [3.05, 3.63) is 63.7 Å². The molecule has 0 aromatic heterocycles. The van der Waals surface area contributed by atoms with Crippen LogP contribution >= 0.6 is 0 Å². The molecule has 5 heteroatoms. The SMILES string of the molecule is O=C1c2ccccc2C(O)c2cc3c(c(O)c21)C[C@@H](C(=O)O)CC3. The third-order valence-electron chi connectivity index (χ3n) is 5.11. The lowest BCUT2D eigenvalue weighted by Crippen LogP contribution is -2.25. The zero-order valence-corrected chi connectivity index (χ0v) is 12.8. The number of phenolic OH excluding ortho intramolecular Hbond substituents is 1. The van der Waals surface area contributed by atoms with Crippen molar-refractivity contribution < 1.29 is 24.9 Å². The summed E-state index contributed by atoms with van der Waals surface area (Å²) in [6.07, 6.45) is 0.230. The van der Waals surface area contributed by atoms with E-state index in [-0.39, 0.29) is 23.5 Å². The van der Waals surface area contributed by atoms with Crippen molar-refractivity contribution in [2.24, 2.45) is 5.92 Å². The Labute approximate surface area is 138 Å². The zero-order chi connectivity index (χ0) is 17.0. The number of aliphatic carboxylic acids is 1. The van der Waals surface area contributed by atoms with Crippen LogP contribution in [0.25, 0.3) is 0 Å². The van der Waals surface area contributed by atoms with E-state index in [1.165, 1.54) is 0 Å². The number of ketones is 1. The molecule has 0 heterocycles. The molecule has 0 saturated heterocycles. The summed E-state index contributed by atoms with van der Waals surface area (Å²) in [5, 5.41) is 30.5. The van der Waals surface area contributed by atoms with Gasteiger partial charge in [-0.1, -0.05) is 30.3 Å². The lowest BCUT2D eigenvalue weighted by molar-refractivity contribution is -0.142. The molecule has 2 aliphatic carbocycles. The van der Waals surface area contributed by atoms with Crippen LogP contribution in [0.5, 0.6) is 5.75 Å². The molecule has 2 aromatic carbocycles. The molecule has 2 aromatic rings. The van der Waals surface area contributed by atoms with E-state index in [0.29, 0.717) is 35.1 Å². The van der Waals surface area contributed by atoms with Gasteiger partial charge < -0.3 is 15.3 Å². The summed E-state index contributed by atoms with van der Waals surface area (Å²) in [6.45, 7) is 0. The van der Waals surface area contributed by atoms with Crippen molar-refractivity contribution in [1.82, 2.24) is 0 Å². The average molecular weight is 324 g/mol. The lowest BCUT2D eigenvalue weighted by atomic mass is 9.76. The minimum Gasteiger partial charge on any atom is -0.507 e. The summed E-state index contributed by atoms with van der Waals surface area (Å²) in [5.74, 6) is -1.96. The Balaban J connectivity index is 1.91. The van der Waals surface area contributed by atoms with Crippen LogP contribution in [0.1, 0.15) is 50.7 Å². The Bertz CT molecular complexity index is 884. The molecule has 0 spiro atoms. The number of phenols is 1. The first-order valence-electron chi connectivity index (χ1n) is 7.91. The molecule has 2 atom stereocenters. The zero-order valence-electron chi connectivity index (χ0n) is 12.8. The maximum Gasteiger partial charge on any atom is 0.306 e. The number of aliphatic hydroxyl groups excluding tert-OH is 1. The maximum absolute atomic E-state index is 12.8. The predicted octanol–water partition coefficient (Wildman–Crippen LogP) is 2.21. The third kappa shape index (κ3) is 1.98. The quantitative estimate of drug-likeness (QED) is 0.747. The largest absolute Gasteiger partial charge is 0.507 e. The smallest absolute Gasteiger partial charge is 0.306 e. The molecule has 5 nitrogen and oxygen atoms in total. The number of carboxylic acids is 1. The van der Waals surface area contributed by atoms with Crippen LogP contribution in [0, 0.1) is 5.92 Å². The van der Waals surface area contributed by atoms with Gasteiger partial charge in [-0.25, -0.2) is 0 Å². The third-order valence-corrected chi connectivity index (χ3v) is 5.11. The minimum atomic E-state index is -0.970. The second-order valence-electron chi connectivity index (χ2n) is 6.42. The van der Waals surface area contributed by atoms with Gasteiger partial charge in [-0.05, 0) is 36.0 Å². The Kier molecular flexibility index (Phi) is 3.21. The Morgan fingerprint density at radius 3 is 2.67 bits per heavy atom. The highest BCUT2D eigenvalue weighted by atomic mass is 16.4. The molecule has 0 radical (unpaired) electrons. The van der Waals surface area contributed by atoms with Gasteiger partial charge in [0.15, 0.2) is 5.78 Å². The van der Waals surface area contributed by atoms with E-state index in [9.17, 15) is 24.9 Å². The fraction of sp³-hybridized carbons (Fsp3) is 0.263. The molecule has 24 heavy (non-hydrogen) atoms. The number of aliphatic hydroxyl groups is 1. The van der Waals surface area contributed by atoms with Crippen LogP contribution in [0.3, 0.4) is 0 Å². The highest BCUT2D eigenvalue weighted by Gasteiger charge is 2.36. The maximum atomic E-state index is 12.8. The number of carbonyl (C=O) groups is 2. The highest BCUT2D eigenvalue weighted by Crippen LogP contribution is 2.44. The van der Waals surface area contributed by atoms with Crippen LogP contribution in [0.15, 0.2) is 30.3 Å². The van der Waals surface area contributed by atoms with E-state index in [0.717, 1.165) is 5.56 Å². The number of benzene rings is 2. The van der Waals surface area contributed by atoms with Crippen LogP contribution in [0.4, 0.5) is 0 Å². The summed E-state index contributed by atoms with van der Waals surface area (Å²) in [5.41, 5.74) is 2.75. The van der Waals surface area contributed by atoms with E-state index in [1.807, 2.05) is 0 Å². The fourth-order valence-electron chi connectivity index (χ4n) is 3.83. The molecule has 0 fully saturated rings. The molecule has 2 aliphatic rings. The Hall–Kier alpha value is -2.66. The van der Waals surface area contributed by atoms with Crippen molar-refractivity contribution in [2.75, 3.05) is 0 Å². The average Bonchev–Trinajstić information content (AvgIpc) is 2.59. The molecule has 4 rings (SSSR count). The van der Waals surface area contributed by atoms with Crippen LogP contribution in [-0.2, 0) is 17.6 Å². The molecule has 0 amide bonds. The van der Waals surface area contributed by atoms with Gasteiger partial charge in [-0.3, -0.25) is 9.59 Å². The Morgan fingerprint density at radius 1 is 1.17 bits per heavy atom. The van der Waals surface area contributed by atoms with Gasteiger partial charge in [0.25, 0.3) is 0 Å². The van der Waals surface area contributed by atoms with Gasteiger partial charge in [0, 0.05) is 11.1 Å². The highest BCUT2D eigenvalue weighted by molar-refractivity contribution is 6.14. The molecule has 1 unspecified atom stereocenters. The van der Waals surface area contributed by atoms with E-state index in [4.69, 9.17) is 0 Å². The van der Waals surface area contributed by atoms with Crippen LogP contribution in [0.2, 0.25) is 0 Å². The van der Waals surface area contributed by atoms with E-state index in [2.05, 4.69) is 0 Å². The van der Waals surface area contributed by atoms with Gasteiger partial charge in [-0.2, -0.15) is 0 Å². The molecule has 0 saturated carbocycles. The topological polar surface area (TPSA) is 94.8 Å². The van der Waals surface area contributed by atoms with Crippen molar-refractivity contribution in [1.29, 1.82) is 0 Å². The monoisotopic (exact) mass is 324 g/mol. The normalized spacial score (nSPS) is 21.6. The number of rotatable bonds is 1. The standard InChI is InChI=1S/C19H16O5/c20-16-11-3-1-2-4-12(11)17(21)15-14(16)7-9-5-6-10(19(23)24)8-13(9)18(15)22/h1-4,7,10,16,20,22H,5-6,8H2,(H,23,24)/t10-,16?/m0/s1. The van der Waals surface area contributed by atoms with Gasteiger partial charge in [-0.15, -0.1) is 0 Å². The number of hydrogen-bond donors (Lipinski definition) is 3. The lowest BCUT2D eigenvalue weighted by Gasteiger charge is -2.29. The predicted molar refractivity (Wildman–Crippen MR) is 85.2 cm³/mol.